The monoisotopic (exact) mass is 379 g/mol. The fraction of sp³-hybridized carbons (Fsp3) is 0.200. The highest BCUT2D eigenvalue weighted by Crippen LogP contribution is 2.23. The number of carbonyl (C=O) groups excluding carboxylic acids is 3. The number of hydrogen-bond acceptors (Lipinski definition) is 4. The molecular weight excluding hydrogens is 362 g/mol. The van der Waals surface area contributed by atoms with Gasteiger partial charge in [-0.3, -0.25) is 19.3 Å². The second-order valence-corrected chi connectivity index (χ2v) is 7.46. The molecule has 1 saturated heterocycles. The number of amides is 3. The number of aromatic nitrogens is 1. The summed E-state index contributed by atoms with van der Waals surface area (Å²) in [5.74, 6) is -0.784. The van der Waals surface area contributed by atoms with Crippen molar-refractivity contribution in [3.63, 3.8) is 0 Å². The van der Waals surface area contributed by atoms with Gasteiger partial charge >= 0.3 is 0 Å². The molecule has 0 N–H and O–H groups in total. The van der Waals surface area contributed by atoms with Crippen LogP contribution >= 0.6 is 11.3 Å². The van der Waals surface area contributed by atoms with Gasteiger partial charge in [-0.1, -0.05) is 23.5 Å². The van der Waals surface area contributed by atoms with Crippen LogP contribution in [0, 0.1) is 6.92 Å². The van der Waals surface area contributed by atoms with E-state index in [0.29, 0.717) is 16.1 Å². The first kappa shape index (κ1) is 17.4. The molecule has 0 spiro atoms. The zero-order chi connectivity index (χ0) is 19.1. The Morgan fingerprint density at radius 3 is 2.33 bits per heavy atom. The summed E-state index contributed by atoms with van der Waals surface area (Å²) >= 11 is 1.46. The Bertz CT molecular complexity index is 1140. The third-order valence-corrected chi connectivity index (χ3v) is 5.74. The van der Waals surface area contributed by atoms with Crippen LogP contribution in [0.15, 0.2) is 47.5 Å². The van der Waals surface area contributed by atoms with E-state index in [1.165, 1.54) is 16.2 Å². The number of rotatable bonds is 2. The molecule has 4 rings (SSSR count). The predicted octanol–water partition coefficient (Wildman–Crippen LogP) is 2.94. The third-order valence-electron chi connectivity index (χ3n) is 4.65. The first-order valence-electron chi connectivity index (χ1n) is 8.56. The van der Waals surface area contributed by atoms with Crippen molar-refractivity contribution in [1.29, 1.82) is 0 Å². The Kier molecular flexibility index (Phi) is 4.24. The Morgan fingerprint density at radius 1 is 1.04 bits per heavy atom. The van der Waals surface area contributed by atoms with Crippen LogP contribution in [0.3, 0.4) is 0 Å². The van der Waals surface area contributed by atoms with E-state index in [4.69, 9.17) is 0 Å². The predicted molar refractivity (Wildman–Crippen MR) is 104 cm³/mol. The highest BCUT2D eigenvalue weighted by atomic mass is 32.1. The Morgan fingerprint density at radius 2 is 1.70 bits per heavy atom. The van der Waals surface area contributed by atoms with Crippen molar-refractivity contribution in [2.75, 3.05) is 4.90 Å². The van der Waals surface area contributed by atoms with Gasteiger partial charge in [-0.05, 0) is 42.8 Å². The smallest absolute Gasteiger partial charge is 0.279 e. The zero-order valence-corrected chi connectivity index (χ0v) is 15.7. The summed E-state index contributed by atoms with van der Waals surface area (Å²) in [6.07, 6.45) is 0.466. The molecule has 7 heteroatoms. The van der Waals surface area contributed by atoms with Gasteiger partial charge in [0.25, 0.3) is 5.91 Å². The molecule has 3 aromatic rings. The second-order valence-electron chi connectivity index (χ2n) is 6.45. The summed E-state index contributed by atoms with van der Waals surface area (Å²) in [5, 5.41) is 0. The van der Waals surface area contributed by atoms with E-state index in [2.05, 4.69) is 4.99 Å². The number of anilines is 1. The van der Waals surface area contributed by atoms with E-state index in [9.17, 15) is 14.4 Å². The Labute approximate surface area is 159 Å². The van der Waals surface area contributed by atoms with Gasteiger partial charge in [0.15, 0.2) is 4.80 Å². The summed E-state index contributed by atoms with van der Waals surface area (Å²) in [6, 6.07) is 12.4. The molecule has 1 fully saturated rings. The highest BCUT2D eigenvalue weighted by molar-refractivity contribution is 7.16. The number of carbonyl (C=O) groups is 3. The number of thiazole rings is 1. The molecule has 0 aliphatic carbocycles. The van der Waals surface area contributed by atoms with Gasteiger partial charge in [0, 0.05) is 25.5 Å². The molecule has 1 aromatic heterocycles. The normalized spacial score (nSPS) is 15.2. The van der Waals surface area contributed by atoms with E-state index < -0.39 is 0 Å². The molecule has 2 heterocycles. The van der Waals surface area contributed by atoms with Gasteiger partial charge < -0.3 is 4.57 Å². The number of benzene rings is 2. The summed E-state index contributed by atoms with van der Waals surface area (Å²) in [6.45, 7) is 2.03. The summed E-state index contributed by atoms with van der Waals surface area (Å²) in [5.41, 5.74) is 3.09. The van der Waals surface area contributed by atoms with E-state index >= 15 is 0 Å². The van der Waals surface area contributed by atoms with Crippen molar-refractivity contribution in [2.45, 2.75) is 19.8 Å². The van der Waals surface area contributed by atoms with Gasteiger partial charge in [0.1, 0.15) is 0 Å². The van der Waals surface area contributed by atoms with Crippen molar-refractivity contribution >= 4 is 45.0 Å². The minimum absolute atomic E-state index is 0.212. The standard InChI is InChI=1S/C20H17N3O3S/c1-12-4-3-5-15-18(12)22(2)20(27-15)21-19(26)13-6-8-14(9-7-13)23-16(24)10-11-17(23)25/h3-9H,10-11H2,1-2H3. The van der Waals surface area contributed by atoms with Crippen LogP contribution in [0.25, 0.3) is 10.2 Å². The fourth-order valence-electron chi connectivity index (χ4n) is 3.27. The lowest BCUT2D eigenvalue weighted by Crippen LogP contribution is -2.28. The van der Waals surface area contributed by atoms with Crippen molar-refractivity contribution in [3.8, 4) is 0 Å². The van der Waals surface area contributed by atoms with Crippen LogP contribution in [0.2, 0.25) is 0 Å². The maximum atomic E-state index is 12.6. The molecule has 0 atom stereocenters. The quantitative estimate of drug-likeness (QED) is 0.643. The molecule has 27 heavy (non-hydrogen) atoms. The van der Waals surface area contributed by atoms with Crippen molar-refractivity contribution < 1.29 is 14.4 Å². The zero-order valence-electron chi connectivity index (χ0n) is 14.9. The number of imide groups is 1. The minimum atomic E-state index is -0.361. The average Bonchev–Trinajstić information content (AvgIpc) is 3.15. The number of nitrogens with zero attached hydrogens (tertiary/aromatic N) is 3. The van der Waals surface area contributed by atoms with Gasteiger partial charge in [0.05, 0.1) is 15.9 Å². The van der Waals surface area contributed by atoms with Crippen LogP contribution in [-0.4, -0.2) is 22.3 Å². The summed E-state index contributed by atoms with van der Waals surface area (Å²) in [7, 11) is 1.89. The molecule has 0 saturated carbocycles. The molecule has 1 aliphatic rings. The molecule has 6 nitrogen and oxygen atoms in total. The topological polar surface area (TPSA) is 71.7 Å². The van der Waals surface area contributed by atoms with Crippen LogP contribution in [0.1, 0.15) is 28.8 Å². The molecule has 0 unspecified atom stereocenters. The van der Waals surface area contributed by atoms with E-state index in [1.807, 2.05) is 36.7 Å². The van der Waals surface area contributed by atoms with Crippen LogP contribution in [0.4, 0.5) is 5.69 Å². The van der Waals surface area contributed by atoms with E-state index in [-0.39, 0.29) is 30.6 Å². The van der Waals surface area contributed by atoms with E-state index in [1.54, 1.807) is 24.3 Å². The van der Waals surface area contributed by atoms with Gasteiger partial charge in [0.2, 0.25) is 11.8 Å². The van der Waals surface area contributed by atoms with Crippen LogP contribution < -0.4 is 9.70 Å². The van der Waals surface area contributed by atoms with Gasteiger partial charge in [-0.2, -0.15) is 4.99 Å². The number of para-hydroxylation sites is 1. The fourth-order valence-corrected chi connectivity index (χ4v) is 4.37. The van der Waals surface area contributed by atoms with E-state index in [0.717, 1.165) is 15.8 Å². The molecule has 2 aromatic carbocycles. The molecule has 3 amide bonds. The highest BCUT2D eigenvalue weighted by Gasteiger charge is 2.30. The van der Waals surface area contributed by atoms with Crippen LogP contribution in [-0.2, 0) is 16.6 Å². The Hall–Kier alpha value is -3.06. The lowest BCUT2D eigenvalue weighted by molar-refractivity contribution is -0.121. The Balaban J connectivity index is 1.67. The maximum Gasteiger partial charge on any atom is 0.279 e. The van der Waals surface area contributed by atoms with Gasteiger partial charge in [-0.25, -0.2) is 0 Å². The molecule has 136 valence electrons. The first-order valence-corrected chi connectivity index (χ1v) is 9.37. The summed E-state index contributed by atoms with van der Waals surface area (Å²) in [4.78, 5) is 42.2. The lowest BCUT2D eigenvalue weighted by atomic mass is 10.2. The number of fused-ring (bicyclic) bond motifs is 1. The molecule has 0 bridgehead atoms. The van der Waals surface area contributed by atoms with Crippen molar-refractivity contribution in [1.82, 2.24) is 4.57 Å². The lowest BCUT2D eigenvalue weighted by Gasteiger charge is -2.13. The SMILES string of the molecule is Cc1cccc2sc(=NC(=O)c3ccc(N4C(=O)CCC4=O)cc3)n(C)c12. The molecule has 1 aliphatic heterocycles. The van der Waals surface area contributed by atoms with Crippen molar-refractivity contribution in [2.24, 2.45) is 12.0 Å². The second kappa shape index (κ2) is 6.59. The maximum absolute atomic E-state index is 12.6. The molecule has 0 radical (unpaired) electrons. The average molecular weight is 379 g/mol. The van der Waals surface area contributed by atoms with Crippen molar-refractivity contribution in [3.05, 3.63) is 58.4 Å². The molecular formula is C20H17N3O3S. The van der Waals surface area contributed by atoms with Gasteiger partial charge in [-0.15, -0.1) is 0 Å². The number of hydrogen-bond donors (Lipinski definition) is 0. The number of aryl methyl sites for hydroxylation is 2. The summed E-state index contributed by atoms with van der Waals surface area (Å²) < 4.78 is 2.99. The van der Waals surface area contributed by atoms with Crippen LogP contribution in [0.5, 0.6) is 0 Å². The largest absolute Gasteiger partial charge is 0.319 e. The first-order chi connectivity index (χ1) is 13.0. The minimum Gasteiger partial charge on any atom is -0.319 e. The third kappa shape index (κ3) is 3.00.